The predicted molar refractivity (Wildman–Crippen MR) is 50.7 cm³/mol. The van der Waals surface area contributed by atoms with Crippen molar-refractivity contribution < 1.29 is 0 Å². The summed E-state index contributed by atoms with van der Waals surface area (Å²) in [4.78, 5) is 0. The first kappa shape index (κ1) is 9.18. The third kappa shape index (κ3) is 2.55. The van der Waals surface area contributed by atoms with E-state index in [2.05, 4.69) is 0 Å². The fraction of sp³-hybridized carbons (Fsp3) is 0.250. The average Bonchev–Trinajstić information content (AvgIpc) is 1.85. The number of hydrogen-bond acceptors (Lipinski definition) is 0. The Balaban J connectivity index is 3.08. The van der Waals surface area contributed by atoms with Gasteiger partial charge in [0.2, 0.25) is 0 Å². The Kier molecular flexibility index (Phi) is 3.06. The Morgan fingerprint density at radius 3 is 1.91 bits per heavy atom. The van der Waals surface area contributed by atoms with Crippen LogP contribution in [0.4, 0.5) is 0 Å². The molecule has 1 aromatic rings. The van der Waals surface area contributed by atoms with Crippen LogP contribution in [0, 0.1) is 0 Å². The molecule has 0 N–H and O–H groups in total. The third-order valence-electron chi connectivity index (χ3n) is 1.34. The van der Waals surface area contributed by atoms with Crippen molar-refractivity contribution in [2.45, 2.75) is 12.3 Å². The van der Waals surface area contributed by atoms with E-state index in [9.17, 15) is 0 Å². The maximum absolute atomic E-state index is 5.83. The Morgan fingerprint density at radius 1 is 1.09 bits per heavy atom. The Morgan fingerprint density at radius 2 is 1.55 bits per heavy atom. The van der Waals surface area contributed by atoms with Crippen molar-refractivity contribution in [1.29, 1.82) is 0 Å². The van der Waals surface area contributed by atoms with E-state index < -0.39 is 0 Å². The van der Waals surface area contributed by atoms with E-state index in [0.29, 0.717) is 10.0 Å². The van der Waals surface area contributed by atoms with E-state index in [-0.39, 0.29) is 5.38 Å². The first-order valence-corrected chi connectivity index (χ1v) is 4.39. The van der Waals surface area contributed by atoms with Crippen LogP contribution in [0.3, 0.4) is 0 Å². The lowest BCUT2D eigenvalue weighted by Crippen LogP contribution is -1.83. The molecule has 3 heteroatoms. The summed E-state index contributed by atoms with van der Waals surface area (Å²) in [5.74, 6) is 0. The normalized spacial score (nSPS) is 13.1. The molecule has 0 aromatic heterocycles. The molecule has 0 unspecified atom stereocenters. The van der Waals surface area contributed by atoms with Crippen molar-refractivity contribution in [3.05, 3.63) is 33.8 Å². The minimum absolute atomic E-state index is 0.0498. The van der Waals surface area contributed by atoms with Gasteiger partial charge in [-0.2, -0.15) is 0 Å². The molecule has 0 bridgehead atoms. The van der Waals surface area contributed by atoms with Crippen molar-refractivity contribution in [2.24, 2.45) is 0 Å². The van der Waals surface area contributed by atoms with Crippen molar-refractivity contribution in [2.75, 3.05) is 0 Å². The number of rotatable bonds is 1. The van der Waals surface area contributed by atoms with E-state index in [4.69, 9.17) is 34.8 Å². The van der Waals surface area contributed by atoms with Crippen LogP contribution >= 0.6 is 34.8 Å². The number of hydrogen-bond donors (Lipinski definition) is 0. The largest absolute Gasteiger partial charge is 0.118 e. The molecule has 1 rings (SSSR count). The highest BCUT2D eigenvalue weighted by Crippen LogP contribution is 2.26. The van der Waals surface area contributed by atoms with Crippen LogP contribution in [-0.4, -0.2) is 0 Å². The van der Waals surface area contributed by atoms with E-state index in [1.54, 1.807) is 6.07 Å². The predicted octanol–water partition coefficient (Wildman–Crippen LogP) is 4.29. The lowest BCUT2D eigenvalue weighted by atomic mass is 10.2. The Hall–Kier alpha value is 0.0900. The van der Waals surface area contributed by atoms with Gasteiger partial charge in [-0.1, -0.05) is 23.2 Å². The van der Waals surface area contributed by atoms with Crippen LogP contribution in [0.1, 0.15) is 17.9 Å². The lowest BCUT2D eigenvalue weighted by molar-refractivity contribution is 1.08. The van der Waals surface area contributed by atoms with E-state index >= 15 is 0 Å². The maximum Gasteiger partial charge on any atom is 0.0558 e. The zero-order valence-electron chi connectivity index (χ0n) is 5.94. The van der Waals surface area contributed by atoms with Crippen LogP contribution in [0.2, 0.25) is 10.0 Å². The molecule has 60 valence electrons. The van der Waals surface area contributed by atoms with Crippen molar-refractivity contribution >= 4 is 34.8 Å². The number of alkyl halides is 1. The quantitative estimate of drug-likeness (QED) is 0.605. The summed E-state index contributed by atoms with van der Waals surface area (Å²) in [6, 6.07) is 5.31. The molecule has 0 aliphatic heterocycles. The first-order chi connectivity index (χ1) is 5.09. The molecule has 0 spiro atoms. The van der Waals surface area contributed by atoms with Crippen molar-refractivity contribution in [3.8, 4) is 0 Å². The molecule has 0 saturated carbocycles. The van der Waals surface area contributed by atoms with Gasteiger partial charge >= 0.3 is 0 Å². The van der Waals surface area contributed by atoms with Crippen LogP contribution in [0.5, 0.6) is 0 Å². The van der Waals surface area contributed by atoms with Crippen LogP contribution in [0.25, 0.3) is 0 Å². The summed E-state index contributed by atoms with van der Waals surface area (Å²) in [6.07, 6.45) is 0. The highest BCUT2D eigenvalue weighted by molar-refractivity contribution is 6.34. The smallest absolute Gasteiger partial charge is 0.0558 e. The molecule has 0 aliphatic carbocycles. The topological polar surface area (TPSA) is 0 Å². The Labute approximate surface area is 81.1 Å². The zero-order chi connectivity index (χ0) is 8.43. The second-order valence-electron chi connectivity index (χ2n) is 2.32. The van der Waals surface area contributed by atoms with E-state index in [1.807, 2.05) is 19.1 Å². The average molecular weight is 210 g/mol. The summed E-state index contributed by atoms with van der Waals surface area (Å²) >= 11 is 17.3. The van der Waals surface area contributed by atoms with Crippen LogP contribution in [-0.2, 0) is 0 Å². The lowest BCUT2D eigenvalue weighted by Gasteiger charge is -2.03. The Bertz CT molecular complexity index is 235. The first-order valence-electron chi connectivity index (χ1n) is 3.19. The second-order valence-corrected chi connectivity index (χ2v) is 3.85. The fourth-order valence-electron chi connectivity index (χ4n) is 0.805. The van der Waals surface area contributed by atoms with Gasteiger partial charge in [0.15, 0.2) is 0 Å². The molecule has 0 heterocycles. The molecule has 0 radical (unpaired) electrons. The minimum Gasteiger partial charge on any atom is -0.118 e. The van der Waals surface area contributed by atoms with Gasteiger partial charge in [-0.25, -0.2) is 0 Å². The van der Waals surface area contributed by atoms with Crippen molar-refractivity contribution in [3.63, 3.8) is 0 Å². The van der Waals surface area contributed by atoms with Gasteiger partial charge in [-0.3, -0.25) is 0 Å². The third-order valence-corrected chi connectivity index (χ3v) is 2.03. The maximum atomic E-state index is 5.83. The van der Waals surface area contributed by atoms with Crippen LogP contribution < -0.4 is 0 Å². The van der Waals surface area contributed by atoms with E-state index in [1.165, 1.54) is 0 Å². The molecular formula is C8H7Cl3. The standard InChI is InChI=1S/C8H7Cl3/c1-5(9)6-2-7(10)4-8(11)3-6/h2-5H,1H3/t5-/m0/s1. The van der Waals surface area contributed by atoms with Gasteiger partial charge in [0.05, 0.1) is 5.38 Å². The molecule has 1 atom stereocenters. The number of halogens is 3. The molecule has 0 nitrogen and oxygen atoms in total. The second kappa shape index (κ2) is 3.66. The van der Waals surface area contributed by atoms with Crippen molar-refractivity contribution in [1.82, 2.24) is 0 Å². The molecule has 0 saturated heterocycles. The SMILES string of the molecule is C[C@H](Cl)c1cc(Cl)cc(Cl)c1. The fourth-order valence-corrected chi connectivity index (χ4v) is 1.47. The molecular weight excluding hydrogens is 202 g/mol. The van der Waals surface area contributed by atoms with Gasteiger partial charge in [0, 0.05) is 10.0 Å². The molecule has 0 fully saturated rings. The molecule has 0 amide bonds. The summed E-state index contributed by atoms with van der Waals surface area (Å²) in [5, 5.41) is 1.20. The summed E-state index contributed by atoms with van der Waals surface area (Å²) in [6.45, 7) is 1.88. The highest BCUT2D eigenvalue weighted by Gasteiger charge is 2.02. The molecule has 0 aliphatic rings. The zero-order valence-corrected chi connectivity index (χ0v) is 8.21. The van der Waals surface area contributed by atoms with E-state index in [0.717, 1.165) is 5.56 Å². The van der Waals surface area contributed by atoms with Gasteiger partial charge in [0.1, 0.15) is 0 Å². The molecule has 11 heavy (non-hydrogen) atoms. The van der Waals surface area contributed by atoms with Gasteiger partial charge < -0.3 is 0 Å². The summed E-state index contributed by atoms with van der Waals surface area (Å²) in [7, 11) is 0. The highest BCUT2D eigenvalue weighted by atomic mass is 35.5. The van der Waals surface area contributed by atoms with Gasteiger partial charge in [0.25, 0.3) is 0 Å². The number of benzene rings is 1. The van der Waals surface area contributed by atoms with Gasteiger partial charge in [-0.15, -0.1) is 11.6 Å². The molecule has 1 aromatic carbocycles. The monoisotopic (exact) mass is 208 g/mol. The van der Waals surface area contributed by atoms with Crippen LogP contribution in [0.15, 0.2) is 18.2 Å². The summed E-state index contributed by atoms with van der Waals surface area (Å²) < 4.78 is 0. The summed E-state index contributed by atoms with van der Waals surface area (Å²) in [5.41, 5.74) is 0.948. The minimum atomic E-state index is -0.0498. The van der Waals surface area contributed by atoms with Gasteiger partial charge in [-0.05, 0) is 30.7 Å².